The largest absolute Gasteiger partial charge is 0.456 e. The number of aryl methyl sites for hydroxylation is 2. The summed E-state index contributed by atoms with van der Waals surface area (Å²) in [4.78, 5) is 0.350. The summed E-state index contributed by atoms with van der Waals surface area (Å²) < 4.78 is 116. The second-order valence-corrected chi connectivity index (χ2v) is 10.7. The molecule has 1 heterocycles. The predicted octanol–water partition coefficient (Wildman–Crippen LogP) is 9.55. The molecular formula is C28H30F8O2S. The lowest BCUT2D eigenvalue weighted by Gasteiger charge is -2.36. The molecule has 3 rings (SSSR count). The molecule has 1 aromatic heterocycles. The van der Waals surface area contributed by atoms with Crippen LogP contribution in [-0.2, 0) is 6.42 Å². The van der Waals surface area contributed by atoms with E-state index in [1.54, 1.807) is 6.07 Å². The van der Waals surface area contributed by atoms with Crippen LogP contribution in [0.4, 0.5) is 35.1 Å². The van der Waals surface area contributed by atoms with Crippen molar-refractivity contribution in [2.24, 2.45) is 0 Å². The fourth-order valence-corrected chi connectivity index (χ4v) is 5.13. The van der Waals surface area contributed by atoms with Crippen LogP contribution in [0.25, 0.3) is 22.3 Å². The molecule has 0 fully saturated rings. The van der Waals surface area contributed by atoms with E-state index in [1.165, 1.54) is 17.7 Å². The first-order valence-corrected chi connectivity index (χ1v) is 13.5. The van der Waals surface area contributed by atoms with Gasteiger partial charge in [-0.15, -0.1) is 11.8 Å². The number of thioether (sulfide) groups is 1. The van der Waals surface area contributed by atoms with Crippen molar-refractivity contribution in [3.63, 3.8) is 0 Å². The molecule has 0 bridgehead atoms. The van der Waals surface area contributed by atoms with Crippen molar-refractivity contribution >= 4 is 22.7 Å². The molecule has 39 heavy (non-hydrogen) atoms. The number of rotatable bonds is 14. The van der Waals surface area contributed by atoms with E-state index in [-0.39, 0.29) is 0 Å². The highest BCUT2D eigenvalue weighted by Crippen LogP contribution is 2.54. The number of halogens is 8. The van der Waals surface area contributed by atoms with Crippen molar-refractivity contribution in [1.82, 2.24) is 0 Å². The number of aliphatic hydroxyl groups excluding tert-OH is 1. The summed E-state index contributed by atoms with van der Waals surface area (Å²) in [5, 5.41) is 9.16. The maximum atomic E-state index is 14.1. The van der Waals surface area contributed by atoms with E-state index in [0.717, 1.165) is 36.8 Å². The van der Waals surface area contributed by atoms with Gasteiger partial charge in [0.1, 0.15) is 11.3 Å². The van der Waals surface area contributed by atoms with Crippen LogP contribution in [0.2, 0.25) is 0 Å². The molecule has 0 aliphatic heterocycles. The molecule has 0 amide bonds. The molecule has 2 aromatic carbocycles. The number of alkyl halides is 8. The Labute approximate surface area is 225 Å². The van der Waals surface area contributed by atoms with E-state index in [0.29, 0.717) is 33.4 Å². The van der Waals surface area contributed by atoms with Crippen LogP contribution in [0.3, 0.4) is 0 Å². The maximum absolute atomic E-state index is 14.1. The third-order valence-corrected chi connectivity index (χ3v) is 7.54. The zero-order valence-electron chi connectivity index (χ0n) is 21.5. The van der Waals surface area contributed by atoms with Crippen molar-refractivity contribution in [3.8, 4) is 11.3 Å². The first-order chi connectivity index (χ1) is 18.2. The number of benzene rings is 2. The van der Waals surface area contributed by atoms with E-state index < -0.39 is 48.9 Å². The molecule has 0 aliphatic carbocycles. The van der Waals surface area contributed by atoms with Crippen molar-refractivity contribution in [2.45, 2.75) is 81.0 Å². The van der Waals surface area contributed by atoms with Crippen LogP contribution < -0.4 is 0 Å². The number of hydrogen-bond donors (Lipinski definition) is 1. The number of furan rings is 1. The molecule has 0 saturated carbocycles. The summed E-state index contributed by atoms with van der Waals surface area (Å²) in [5.41, 5.74) is 3.52. The van der Waals surface area contributed by atoms with Gasteiger partial charge >= 0.3 is 23.7 Å². The lowest BCUT2D eigenvalue weighted by Crippen LogP contribution is -2.62. The predicted molar refractivity (Wildman–Crippen MR) is 136 cm³/mol. The molecule has 216 valence electrons. The highest BCUT2D eigenvalue weighted by Gasteiger charge is 2.79. The van der Waals surface area contributed by atoms with Crippen LogP contribution in [0, 0.1) is 6.92 Å². The molecule has 0 radical (unpaired) electrons. The average molecular weight is 583 g/mol. The van der Waals surface area contributed by atoms with Gasteiger partial charge in [-0.3, -0.25) is 0 Å². The molecule has 0 unspecified atom stereocenters. The summed E-state index contributed by atoms with van der Waals surface area (Å²) >= 11 is 0.680. The molecule has 0 saturated heterocycles. The third-order valence-electron chi connectivity index (χ3n) is 6.54. The van der Waals surface area contributed by atoms with E-state index >= 15 is 0 Å². The Bertz CT molecular complexity index is 1260. The summed E-state index contributed by atoms with van der Waals surface area (Å²) in [7, 11) is 0. The van der Waals surface area contributed by atoms with Crippen molar-refractivity contribution in [2.75, 3.05) is 12.4 Å². The second-order valence-electron chi connectivity index (χ2n) is 9.55. The Morgan fingerprint density at radius 1 is 0.821 bits per heavy atom. The Balaban J connectivity index is 1.70. The molecule has 3 aromatic rings. The van der Waals surface area contributed by atoms with Crippen LogP contribution >= 0.6 is 11.8 Å². The third kappa shape index (κ3) is 6.56. The molecule has 0 atom stereocenters. The molecular weight excluding hydrogens is 552 g/mol. The first kappa shape index (κ1) is 31.3. The van der Waals surface area contributed by atoms with Crippen LogP contribution in [0.1, 0.15) is 50.2 Å². The van der Waals surface area contributed by atoms with Crippen LogP contribution in [0.5, 0.6) is 0 Å². The van der Waals surface area contributed by atoms with Gasteiger partial charge in [-0.05, 0) is 55.2 Å². The number of unbranched alkanes of at least 4 members (excludes halogenated alkanes) is 2. The fraction of sp³-hybridized carbons (Fsp3) is 0.500. The molecule has 1 N–H and O–H groups in total. The minimum Gasteiger partial charge on any atom is -0.456 e. The Morgan fingerprint density at radius 2 is 1.49 bits per heavy atom. The zero-order valence-corrected chi connectivity index (χ0v) is 22.3. The highest BCUT2D eigenvalue weighted by atomic mass is 32.2. The van der Waals surface area contributed by atoms with Gasteiger partial charge in [-0.2, -0.15) is 35.1 Å². The van der Waals surface area contributed by atoms with Crippen molar-refractivity contribution < 1.29 is 44.6 Å². The summed E-state index contributed by atoms with van der Waals surface area (Å²) in [6.07, 6.45) is 0.504. The average Bonchev–Trinajstić information content (AvgIpc) is 3.27. The van der Waals surface area contributed by atoms with E-state index in [1.807, 2.05) is 25.1 Å². The number of fused-ring (bicyclic) bond motifs is 1. The van der Waals surface area contributed by atoms with Crippen molar-refractivity contribution in [1.29, 1.82) is 0 Å². The zero-order chi connectivity index (χ0) is 29.1. The van der Waals surface area contributed by atoms with Crippen molar-refractivity contribution in [3.05, 3.63) is 53.6 Å². The summed E-state index contributed by atoms with van der Waals surface area (Å²) in [5.74, 6) is -23.8. The van der Waals surface area contributed by atoms with Crippen LogP contribution in [0.15, 0.2) is 51.8 Å². The Hall–Kier alpha value is -2.27. The van der Waals surface area contributed by atoms with E-state index in [9.17, 15) is 35.1 Å². The minimum absolute atomic E-state index is 0.350. The topological polar surface area (TPSA) is 33.4 Å². The Kier molecular flexibility index (Phi) is 9.68. The van der Waals surface area contributed by atoms with Gasteiger partial charge in [-0.25, -0.2) is 0 Å². The van der Waals surface area contributed by atoms with Gasteiger partial charge in [0.15, 0.2) is 0 Å². The van der Waals surface area contributed by atoms with Gasteiger partial charge < -0.3 is 9.52 Å². The molecule has 2 nitrogen and oxygen atoms in total. The van der Waals surface area contributed by atoms with Gasteiger partial charge in [0.2, 0.25) is 0 Å². The number of aliphatic hydroxyl groups is 1. The summed E-state index contributed by atoms with van der Waals surface area (Å²) in [6.45, 7) is 2.54. The molecule has 0 aliphatic rings. The first-order valence-electron chi connectivity index (χ1n) is 12.6. The van der Waals surface area contributed by atoms with Crippen LogP contribution in [-0.4, -0.2) is 41.2 Å². The quantitative estimate of drug-likeness (QED) is 0.117. The fourth-order valence-electron chi connectivity index (χ4n) is 4.18. The number of hydrogen-bond acceptors (Lipinski definition) is 3. The Morgan fingerprint density at radius 3 is 2.10 bits per heavy atom. The lowest BCUT2D eigenvalue weighted by molar-refractivity contribution is -0.367. The van der Waals surface area contributed by atoms with Gasteiger partial charge in [0.05, 0.1) is 0 Å². The smallest absolute Gasteiger partial charge is 0.378 e. The SMILES string of the molecule is CCCCCc1ccc(-c2cc3ccc(SCCC(F)(F)C(F)(F)C(F)(F)C(F)(F)CCO)cc3o2)c(C)c1. The monoisotopic (exact) mass is 582 g/mol. The van der Waals surface area contributed by atoms with E-state index in [2.05, 4.69) is 13.0 Å². The second kappa shape index (κ2) is 12.1. The lowest BCUT2D eigenvalue weighted by atomic mass is 9.95. The highest BCUT2D eigenvalue weighted by molar-refractivity contribution is 7.99. The summed E-state index contributed by atoms with van der Waals surface area (Å²) in [6, 6.07) is 12.6. The molecule has 0 spiro atoms. The van der Waals surface area contributed by atoms with E-state index in [4.69, 9.17) is 9.52 Å². The molecule has 11 heteroatoms. The standard InChI is InChI=1S/C28H30F8O2S/c1-3-4-5-6-19-7-10-22(18(2)15-19)24-16-20-8-9-21(17-23(20)38-24)39-14-12-26(31,32)28(35,36)27(33,34)25(29,30)11-13-37/h7-10,15-17,37H,3-6,11-14H2,1-2H3. The normalized spacial score (nSPS) is 13.4. The maximum Gasteiger partial charge on any atom is 0.378 e. The minimum atomic E-state index is -6.35. The van der Waals surface area contributed by atoms with Gasteiger partial charge in [-0.1, -0.05) is 38.0 Å². The van der Waals surface area contributed by atoms with Gasteiger partial charge in [0, 0.05) is 41.0 Å². The van der Waals surface area contributed by atoms with Gasteiger partial charge in [0.25, 0.3) is 0 Å².